The third kappa shape index (κ3) is 7.28. The van der Waals surface area contributed by atoms with E-state index in [1.807, 2.05) is 53.1 Å². The van der Waals surface area contributed by atoms with E-state index in [9.17, 15) is 9.59 Å². The van der Waals surface area contributed by atoms with Crippen LogP contribution in [0.3, 0.4) is 0 Å². The van der Waals surface area contributed by atoms with Crippen LogP contribution in [0, 0.1) is 0 Å². The highest BCUT2D eigenvalue weighted by atomic mass is 28.4. The summed E-state index contributed by atoms with van der Waals surface area (Å²) in [6.07, 6.45) is 7.34. The van der Waals surface area contributed by atoms with Crippen molar-refractivity contribution in [2.45, 2.75) is 70.8 Å². The molecule has 1 atom stereocenters. The van der Waals surface area contributed by atoms with E-state index in [0.29, 0.717) is 19.4 Å². The average molecular weight is 560 g/mol. The number of rotatable bonds is 12. The number of hydrogen-bond acceptors (Lipinski definition) is 4. The minimum atomic E-state index is -1.98. The number of fused-ring (bicyclic) bond motifs is 1. The van der Waals surface area contributed by atoms with Crippen LogP contribution in [0.25, 0.3) is 10.9 Å². The predicted octanol–water partition coefficient (Wildman–Crippen LogP) is 6.16. The number of hydrogen-bond donors (Lipinski definition) is 2. The summed E-state index contributed by atoms with van der Waals surface area (Å²) in [7, 11) is -1.98. The first-order chi connectivity index (χ1) is 18.9. The van der Waals surface area contributed by atoms with Crippen molar-refractivity contribution in [3.05, 3.63) is 84.6 Å². The lowest BCUT2D eigenvalue weighted by Gasteiger charge is -2.37. The highest BCUT2D eigenvalue weighted by Crippen LogP contribution is 2.37. The molecule has 2 heterocycles. The molecule has 2 aromatic carbocycles. The summed E-state index contributed by atoms with van der Waals surface area (Å²) in [6, 6.07) is 18.1. The lowest BCUT2D eigenvalue weighted by atomic mass is 10.1. The molecule has 3 N–H and O–H groups in total. The second-order valence-corrected chi connectivity index (χ2v) is 16.7. The molecule has 0 aliphatic rings. The Morgan fingerprint density at radius 2 is 1.85 bits per heavy atom. The minimum Gasteiger partial charge on any atom is -0.415 e. The quantitative estimate of drug-likeness (QED) is 0.203. The zero-order valence-electron chi connectivity index (χ0n) is 24.2. The van der Waals surface area contributed by atoms with Gasteiger partial charge in [-0.1, -0.05) is 57.2 Å². The van der Waals surface area contributed by atoms with Gasteiger partial charge in [-0.2, -0.15) is 0 Å². The lowest BCUT2D eigenvalue weighted by molar-refractivity contribution is -0.116. The highest BCUT2D eigenvalue weighted by Gasteiger charge is 2.37. The van der Waals surface area contributed by atoms with Crippen LogP contribution in [0.15, 0.2) is 73.3 Å². The predicted molar refractivity (Wildman–Crippen MR) is 163 cm³/mol. The summed E-state index contributed by atoms with van der Waals surface area (Å²) >= 11 is 0. The number of amides is 2. The number of carbonyl (C=O) groups is 2. The van der Waals surface area contributed by atoms with Crippen molar-refractivity contribution < 1.29 is 14.0 Å². The van der Waals surface area contributed by atoms with E-state index < -0.39 is 14.2 Å². The summed E-state index contributed by atoms with van der Waals surface area (Å²) in [5, 5.41) is 4.25. The van der Waals surface area contributed by atoms with Gasteiger partial charge < -0.3 is 24.6 Å². The second kappa shape index (κ2) is 12.2. The van der Waals surface area contributed by atoms with Crippen LogP contribution in [-0.2, 0) is 22.2 Å². The zero-order chi connectivity index (χ0) is 28.9. The number of primary amides is 1. The maximum atomic E-state index is 12.6. The first kappa shape index (κ1) is 29.3. The normalized spacial score (nSPS) is 12.9. The number of aromatic nitrogens is 3. The number of aryl methyl sites for hydroxylation is 2. The minimum absolute atomic E-state index is 0.00508. The van der Waals surface area contributed by atoms with Crippen molar-refractivity contribution in [1.29, 1.82) is 0 Å². The molecule has 4 rings (SSSR count). The van der Waals surface area contributed by atoms with Crippen LogP contribution < -0.4 is 11.1 Å². The molecule has 2 amide bonds. The van der Waals surface area contributed by atoms with Crippen molar-refractivity contribution in [2.24, 2.45) is 5.73 Å². The first-order valence-corrected chi connectivity index (χ1v) is 16.7. The Kier molecular flexibility index (Phi) is 8.95. The molecule has 212 valence electrons. The Bertz CT molecular complexity index is 1450. The molecular formula is C31H41N5O3Si. The van der Waals surface area contributed by atoms with E-state index in [1.165, 1.54) is 0 Å². The highest BCUT2D eigenvalue weighted by molar-refractivity contribution is 6.74. The molecule has 0 saturated carbocycles. The maximum absolute atomic E-state index is 12.6. The topological polar surface area (TPSA) is 104 Å². The first-order valence-electron chi connectivity index (χ1n) is 13.8. The van der Waals surface area contributed by atoms with E-state index in [2.05, 4.69) is 61.0 Å². The Balaban J connectivity index is 1.46. The third-order valence-electron chi connectivity index (χ3n) is 7.96. The summed E-state index contributed by atoms with van der Waals surface area (Å²) in [5.74, 6) is -0.549. The summed E-state index contributed by atoms with van der Waals surface area (Å²) in [4.78, 5) is 28.5. The summed E-state index contributed by atoms with van der Waals surface area (Å²) < 4.78 is 10.7. The van der Waals surface area contributed by atoms with Gasteiger partial charge >= 0.3 is 0 Å². The molecule has 0 aliphatic carbocycles. The van der Waals surface area contributed by atoms with Crippen molar-refractivity contribution in [3.8, 4) is 0 Å². The number of carbonyl (C=O) groups excluding carboxylic acids is 2. The lowest BCUT2D eigenvalue weighted by Crippen LogP contribution is -2.42. The Morgan fingerprint density at radius 3 is 2.52 bits per heavy atom. The molecule has 0 aliphatic heterocycles. The van der Waals surface area contributed by atoms with Crippen molar-refractivity contribution in [3.63, 3.8) is 0 Å². The molecule has 0 unspecified atom stereocenters. The zero-order valence-corrected chi connectivity index (χ0v) is 25.2. The SMILES string of the molecule is CC(C)(C)[Si](C)(C)OC[C@@H](CCn1ccc2ccc(NC(=O)CCc3ccccc3)cc21)n1cnc(C(N)=O)c1. The van der Waals surface area contributed by atoms with Crippen LogP contribution in [0.1, 0.15) is 55.7 Å². The average Bonchev–Trinajstić information content (AvgIpc) is 3.55. The summed E-state index contributed by atoms with van der Waals surface area (Å²) in [5.41, 5.74) is 8.69. The molecule has 9 heteroatoms. The fourth-order valence-corrected chi connectivity index (χ4v) is 5.42. The van der Waals surface area contributed by atoms with E-state index in [1.54, 1.807) is 12.5 Å². The van der Waals surface area contributed by atoms with Crippen LogP contribution >= 0.6 is 0 Å². The maximum Gasteiger partial charge on any atom is 0.268 e. The molecule has 0 bridgehead atoms. The van der Waals surface area contributed by atoms with Crippen molar-refractivity contribution in [1.82, 2.24) is 14.1 Å². The number of benzene rings is 2. The van der Waals surface area contributed by atoms with Gasteiger partial charge in [-0.05, 0) is 60.1 Å². The standard InChI is InChI=1S/C31H41N5O3Si/c1-31(2,3)40(4,5)39-21-26(36-20-27(30(32)38)33-22-36)16-18-35-17-15-24-12-13-25(19-28(24)35)34-29(37)14-11-23-9-7-6-8-10-23/h6-10,12-13,15,17,19-20,22,26H,11,14,16,18,21H2,1-5H3,(H2,32,38)(H,34,37)/t26-/m1/s1. The van der Waals surface area contributed by atoms with E-state index >= 15 is 0 Å². The van der Waals surface area contributed by atoms with Gasteiger partial charge in [-0.3, -0.25) is 9.59 Å². The number of nitrogens with two attached hydrogens (primary N) is 1. The number of nitrogens with zero attached hydrogens (tertiary/aromatic N) is 3. The Labute approximate surface area is 237 Å². The van der Waals surface area contributed by atoms with E-state index in [0.717, 1.165) is 35.1 Å². The van der Waals surface area contributed by atoms with Gasteiger partial charge in [0.15, 0.2) is 8.32 Å². The number of anilines is 1. The van der Waals surface area contributed by atoms with Gasteiger partial charge in [0.2, 0.25) is 5.91 Å². The van der Waals surface area contributed by atoms with Crippen LogP contribution in [0.2, 0.25) is 18.1 Å². The monoisotopic (exact) mass is 559 g/mol. The molecule has 4 aromatic rings. The largest absolute Gasteiger partial charge is 0.415 e. The Hall–Kier alpha value is -3.69. The fourth-order valence-electron chi connectivity index (χ4n) is 4.37. The fraction of sp³-hybridized carbons (Fsp3) is 0.387. The number of nitrogens with one attached hydrogen (secondary N) is 1. The Morgan fingerprint density at radius 1 is 1.10 bits per heavy atom. The van der Waals surface area contributed by atoms with Gasteiger partial charge in [0.1, 0.15) is 5.69 Å². The molecule has 0 saturated heterocycles. The number of imidazole rings is 1. The molecular weight excluding hydrogens is 518 g/mol. The second-order valence-electron chi connectivity index (χ2n) is 11.9. The molecule has 2 aromatic heterocycles. The van der Waals surface area contributed by atoms with Crippen LogP contribution in [-0.4, -0.2) is 40.9 Å². The molecule has 0 radical (unpaired) electrons. The van der Waals surface area contributed by atoms with Gasteiger partial charge in [0.05, 0.1) is 24.5 Å². The third-order valence-corrected chi connectivity index (χ3v) is 12.5. The van der Waals surface area contributed by atoms with Crippen LogP contribution in [0.5, 0.6) is 0 Å². The molecule has 8 nitrogen and oxygen atoms in total. The van der Waals surface area contributed by atoms with Gasteiger partial charge in [0, 0.05) is 31.0 Å². The van der Waals surface area contributed by atoms with Crippen molar-refractivity contribution >= 4 is 36.7 Å². The summed E-state index contributed by atoms with van der Waals surface area (Å²) in [6.45, 7) is 12.4. The molecule has 40 heavy (non-hydrogen) atoms. The van der Waals surface area contributed by atoms with Gasteiger partial charge in [-0.25, -0.2) is 4.98 Å². The van der Waals surface area contributed by atoms with Gasteiger partial charge in [0.25, 0.3) is 5.91 Å². The van der Waals surface area contributed by atoms with Crippen LogP contribution in [0.4, 0.5) is 5.69 Å². The molecule has 0 fully saturated rings. The van der Waals surface area contributed by atoms with E-state index in [4.69, 9.17) is 10.2 Å². The van der Waals surface area contributed by atoms with E-state index in [-0.39, 0.29) is 22.7 Å². The smallest absolute Gasteiger partial charge is 0.268 e. The van der Waals surface area contributed by atoms with Crippen molar-refractivity contribution in [2.75, 3.05) is 11.9 Å². The molecule has 0 spiro atoms. The van der Waals surface area contributed by atoms with Gasteiger partial charge in [-0.15, -0.1) is 0 Å².